The third-order valence-corrected chi connectivity index (χ3v) is 6.78. The number of hydrogen-bond acceptors (Lipinski definition) is 2. The van der Waals surface area contributed by atoms with E-state index in [0.717, 1.165) is 40.7 Å². The maximum Gasteiger partial charge on any atom is 0.239 e. The number of carbonyl (C=O) groups is 1. The maximum absolute atomic E-state index is 14.1. The number of nitrogens with zero attached hydrogens (tertiary/aromatic N) is 2. The Hall–Kier alpha value is -2.17. The van der Waals surface area contributed by atoms with Gasteiger partial charge >= 0.3 is 0 Å². The van der Waals surface area contributed by atoms with Crippen LogP contribution in [0.1, 0.15) is 36.9 Å². The van der Waals surface area contributed by atoms with Gasteiger partial charge in [0.2, 0.25) is 5.91 Å². The number of amides is 1. The number of hydrogen-bond donors (Lipinski definition) is 0. The molecular weight excluding hydrogens is 424 g/mol. The number of rotatable bonds is 6. The van der Waals surface area contributed by atoms with E-state index in [1.54, 1.807) is 0 Å². The Balaban J connectivity index is 1.98. The number of benzene rings is 2. The summed E-state index contributed by atoms with van der Waals surface area (Å²) in [6.45, 7) is 11.6. The van der Waals surface area contributed by atoms with E-state index in [0.29, 0.717) is 6.54 Å². The molecule has 2 aliphatic rings. The highest BCUT2D eigenvalue weighted by molar-refractivity contribution is 9.10. The van der Waals surface area contributed by atoms with Gasteiger partial charge in [-0.05, 0) is 42.2 Å². The average Bonchev–Trinajstić information content (AvgIpc) is 3.18. The molecule has 1 saturated heterocycles. The van der Waals surface area contributed by atoms with Crippen LogP contribution in [0.4, 0.5) is 5.69 Å². The van der Waals surface area contributed by atoms with Gasteiger partial charge in [-0.3, -0.25) is 9.69 Å². The molecule has 2 aromatic carbocycles. The Bertz CT molecular complexity index is 941. The number of carbonyl (C=O) groups excluding carboxylic acids is 1. The van der Waals surface area contributed by atoms with Gasteiger partial charge in [-0.25, -0.2) is 0 Å². The molecule has 1 fully saturated rings. The minimum Gasteiger partial charge on any atom is -0.311 e. The van der Waals surface area contributed by atoms with Gasteiger partial charge in [0.15, 0.2) is 0 Å². The van der Waals surface area contributed by atoms with Crippen molar-refractivity contribution in [2.75, 3.05) is 18.0 Å². The Morgan fingerprint density at radius 1 is 1.21 bits per heavy atom. The Kier molecular flexibility index (Phi) is 5.50. The van der Waals surface area contributed by atoms with Crippen molar-refractivity contribution < 1.29 is 4.79 Å². The summed E-state index contributed by atoms with van der Waals surface area (Å²) in [5.74, 6) is 0.208. The van der Waals surface area contributed by atoms with Gasteiger partial charge in [0.25, 0.3) is 0 Å². The lowest BCUT2D eigenvalue weighted by molar-refractivity contribution is -0.124. The molecule has 0 aliphatic carbocycles. The van der Waals surface area contributed by atoms with Crippen LogP contribution in [0.5, 0.6) is 0 Å². The van der Waals surface area contributed by atoms with E-state index in [4.69, 9.17) is 0 Å². The van der Waals surface area contributed by atoms with Crippen LogP contribution in [-0.2, 0) is 10.2 Å². The minimum atomic E-state index is -0.627. The largest absolute Gasteiger partial charge is 0.311 e. The molecule has 0 unspecified atom stereocenters. The van der Waals surface area contributed by atoms with Crippen LogP contribution in [-0.4, -0.2) is 29.9 Å². The summed E-state index contributed by atoms with van der Waals surface area (Å²) in [6.07, 6.45) is 5.57. The second-order valence-corrected chi connectivity index (χ2v) is 8.81. The molecule has 3 atom stereocenters. The van der Waals surface area contributed by atoms with Crippen molar-refractivity contribution in [1.29, 1.82) is 0 Å². The quantitative estimate of drug-likeness (QED) is 0.532. The topological polar surface area (TPSA) is 23.6 Å². The molecule has 0 N–H and O–H groups in total. The molecule has 2 aromatic rings. The van der Waals surface area contributed by atoms with Crippen LogP contribution in [0.25, 0.3) is 0 Å². The molecule has 3 nitrogen and oxygen atoms in total. The molecule has 0 bridgehead atoms. The molecule has 0 saturated carbocycles. The van der Waals surface area contributed by atoms with Gasteiger partial charge < -0.3 is 4.90 Å². The van der Waals surface area contributed by atoms with Crippen LogP contribution in [0.2, 0.25) is 0 Å². The van der Waals surface area contributed by atoms with Gasteiger partial charge in [0, 0.05) is 29.3 Å². The first-order valence-electron chi connectivity index (χ1n) is 10.2. The normalized spacial score (nSPS) is 26.1. The van der Waals surface area contributed by atoms with Crippen LogP contribution in [0.15, 0.2) is 78.3 Å². The van der Waals surface area contributed by atoms with E-state index in [9.17, 15) is 4.79 Å². The summed E-state index contributed by atoms with van der Waals surface area (Å²) in [5, 5.41) is 0. The lowest BCUT2D eigenvalue weighted by Crippen LogP contribution is -2.45. The Labute approximate surface area is 181 Å². The van der Waals surface area contributed by atoms with Crippen molar-refractivity contribution in [3.8, 4) is 0 Å². The average molecular weight is 451 g/mol. The number of anilines is 1. The minimum absolute atomic E-state index is 0.0629. The molecule has 0 radical (unpaired) electrons. The van der Waals surface area contributed by atoms with Gasteiger partial charge in [0.05, 0.1) is 11.5 Å². The highest BCUT2D eigenvalue weighted by atomic mass is 79.9. The number of halogens is 1. The number of likely N-dealkylation sites (tertiary alicyclic amines) is 1. The summed E-state index contributed by atoms with van der Waals surface area (Å²) < 4.78 is 1.01. The summed E-state index contributed by atoms with van der Waals surface area (Å²) in [6, 6.07) is 16.7. The van der Waals surface area contributed by atoms with Crippen LogP contribution in [0, 0.1) is 0 Å². The summed E-state index contributed by atoms with van der Waals surface area (Å²) >= 11 is 3.65. The Morgan fingerprint density at radius 3 is 2.62 bits per heavy atom. The molecule has 4 heteroatoms. The van der Waals surface area contributed by atoms with Crippen molar-refractivity contribution in [1.82, 2.24) is 4.90 Å². The van der Waals surface area contributed by atoms with Crippen molar-refractivity contribution in [3.05, 3.63) is 89.4 Å². The van der Waals surface area contributed by atoms with Crippen molar-refractivity contribution in [2.24, 2.45) is 0 Å². The molecular formula is C25H27BrN2O. The fourth-order valence-electron chi connectivity index (χ4n) is 5.23. The molecule has 29 heavy (non-hydrogen) atoms. The smallest absolute Gasteiger partial charge is 0.239 e. The van der Waals surface area contributed by atoms with Crippen molar-refractivity contribution >= 4 is 27.5 Å². The fraction of sp³-hybridized carbons (Fsp3) is 0.320. The third-order valence-electron chi connectivity index (χ3n) is 6.29. The van der Waals surface area contributed by atoms with E-state index < -0.39 is 5.41 Å². The SMILES string of the molecule is C=CCN1[C@H](C=C)C[C@]2(C(=O)N(CCC)c3ccc(Br)cc32)[C@@H]1c1ccccc1. The van der Waals surface area contributed by atoms with E-state index in [1.165, 1.54) is 0 Å². The highest BCUT2D eigenvalue weighted by Gasteiger charge is 2.62. The molecule has 2 heterocycles. The first-order chi connectivity index (χ1) is 14.1. The van der Waals surface area contributed by atoms with E-state index >= 15 is 0 Å². The van der Waals surface area contributed by atoms with E-state index in [-0.39, 0.29) is 18.0 Å². The molecule has 1 amide bonds. The second-order valence-electron chi connectivity index (χ2n) is 7.90. The molecule has 1 spiro atoms. The zero-order valence-corrected chi connectivity index (χ0v) is 18.4. The summed E-state index contributed by atoms with van der Waals surface area (Å²) in [5.41, 5.74) is 2.70. The highest BCUT2D eigenvalue weighted by Crippen LogP contribution is 2.58. The lowest BCUT2D eigenvalue weighted by atomic mass is 9.72. The van der Waals surface area contributed by atoms with Gasteiger partial charge in [-0.15, -0.1) is 13.2 Å². The Morgan fingerprint density at radius 2 is 1.97 bits per heavy atom. The second kappa shape index (κ2) is 7.92. The monoisotopic (exact) mass is 450 g/mol. The standard InChI is InChI=1S/C25H27BrN2O/c1-4-14-27-20(6-3)17-25(23(27)18-10-8-7-9-11-18)21-16-19(26)12-13-22(21)28(15-5-2)24(25)29/h4,6-13,16,20,23H,1,3,5,14-15,17H2,2H3/t20-,23+,25-/m1/s1. The van der Waals surface area contributed by atoms with Gasteiger partial charge in [0.1, 0.15) is 0 Å². The molecule has 0 aromatic heterocycles. The predicted octanol–water partition coefficient (Wildman–Crippen LogP) is 5.63. The van der Waals surface area contributed by atoms with Gasteiger partial charge in [-0.1, -0.05) is 65.3 Å². The zero-order valence-electron chi connectivity index (χ0n) is 16.9. The molecule has 150 valence electrons. The first-order valence-corrected chi connectivity index (χ1v) is 11.0. The summed E-state index contributed by atoms with van der Waals surface area (Å²) in [7, 11) is 0. The van der Waals surface area contributed by atoms with Crippen molar-refractivity contribution in [2.45, 2.75) is 37.3 Å². The van der Waals surface area contributed by atoms with Gasteiger partial charge in [-0.2, -0.15) is 0 Å². The fourth-order valence-corrected chi connectivity index (χ4v) is 5.59. The van der Waals surface area contributed by atoms with Crippen LogP contribution >= 0.6 is 15.9 Å². The molecule has 2 aliphatic heterocycles. The van der Waals surface area contributed by atoms with Crippen molar-refractivity contribution in [3.63, 3.8) is 0 Å². The van der Waals surface area contributed by atoms with E-state index in [1.807, 2.05) is 29.2 Å². The van der Waals surface area contributed by atoms with Crippen LogP contribution in [0.3, 0.4) is 0 Å². The van der Waals surface area contributed by atoms with E-state index in [2.05, 4.69) is 77.3 Å². The third kappa shape index (κ3) is 3.01. The zero-order chi connectivity index (χ0) is 20.6. The lowest BCUT2D eigenvalue weighted by Gasteiger charge is -2.35. The molecule has 4 rings (SSSR count). The number of fused-ring (bicyclic) bond motifs is 2. The summed E-state index contributed by atoms with van der Waals surface area (Å²) in [4.78, 5) is 18.5. The predicted molar refractivity (Wildman–Crippen MR) is 123 cm³/mol. The van der Waals surface area contributed by atoms with Crippen LogP contribution < -0.4 is 4.90 Å². The first kappa shape index (κ1) is 20.1. The maximum atomic E-state index is 14.1.